The van der Waals surface area contributed by atoms with Crippen molar-refractivity contribution in [1.29, 1.82) is 0 Å². The van der Waals surface area contributed by atoms with Crippen molar-refractivity contribution in [1.82, 2.24) is 4.57 Å². The molecule has 0 spiro atoms. The van der Waals surface area contributed by atoms with Crippen LogP contribution in [0.1, 0.15) is 0 Å². The Morgan fingerprint density at radius 3 is 1.47 bits per heavy atom. The summed E-state index contributed by atoms with van der Waals surface area (Å²) < 4.78 is 2.57. The fourth-order valence-corrected chi connectivity index (χ4v) is 8.63. The van der Waals surface area contributed by atoms with E-state index in [9.17, 15) is 0 Å². The lowest BCUT2D eigenvalue weighted by molar-refractivity contribution is 1.19. The number of hydrogen-bond donors (Lipinski definition) is 0. The van der Waals surface area contributed by atoms with Gasteiger partial charge in [0.15, 0.2) is 0 Å². The van der Waals surface area contributed by atoms with Gasteiger partial charge in [-0.3, -0.25) is 0 Å². The zero-order valence-electron chi connectivity index (χ0n) is 26.7. The Balaban J connectivity index is 1.39. The Morgan fingerprint density at radius 2 is 0.796 bits per heavy atom. The molecule has 0 saturated carbocycles. The van der Waals surface area contributed by atoms with Crippen molar-refractivity contribution < 1.29 is 0 Å². The van der Waals surface area contributed by atoms with Crippen LogP contribution >= 0.6 is 0 Å². The van der Waals surface area contributed by atoms with Crippen molar-refractivity contribution in [2.45, 2.75) is 0 Å². The highest BCUT2D eigenvalue weighted by Crippen LogP contribution is 2.53. The van der Waals surface area contributed by atoms with Crippen LogP contribution in [0.15, 0.2) is 176 Å². The number of hydrogen-bond acceptors (Lipinski definition) is 0. The zero-order valence-corrected chi connectivity index (χ0v) is 26.7. The number of aromatic nitrogens is 1. The van der Waals surface area contributed by atoms with Gasteiger partial charge in [-0.1, -0.05) is 152 Å². The lowest BCUT2D eigenvalue weighted by Gasteiger charge is -2.16. The van der Waals surface area contributed by atoms with Gasteiger partial charge in [-0.2, -0.15) is 0 Å². The second-order valence-electron chi connectivity index (χ2n) is 13.2. The van der Waals surface area contributed by atoms with Crippen LogP contribution in [0.25, 0.3) is 104 Å². The Bertz CT molecular complexity index is 2910. The topological polar surface area (TPSA) is 4.93 Å². The first kappa shape index (κ1) is 26.6. The predicted molar refractivity (Wildman–Crippen MR) is 209 cm³/mol. The highest BCUT2D eigenvalue weighted by atomic mass is 15.0. The van der Waals surface area contributed by atoms with Crippen molar-refractivity contribution in [3.8, 4) is 50.2 Å². The second-order valence-corrected chi connectivity index (χ2v) is 13.2. The van der Waals surface area contributed by atoms with Crippen LogP contribution in [-0.4, -0.2) is 4.57 Å². The molecule has 1 heterocycles. The van der Waals surface area contributed by atoms with Crippen LogP contribution in [0, 0.1) is 0 Å². The Labute approximate surface area is 283 Å². The number of nitrogens with zero attached hydrogens (tertiary/aromatic N) is 1. The molecule has 0 amide bonds. The quantitative estimate of drug-likeness (QED) is 0.173. The third kappa shape index (κ3) is 3.70. The maximum absolute atomic E-state index is 2.57. The monoisotopic (exact) mass is 619 g/mol. The molecule has 11 rings (SSSR count). The summed E-state index contributed by atoms with van der Waals surface area (Å²) in [7, 11) is 0. The summed E-state index contributed by atoms with van der Waals surface area (Å²) in [6.07, 6.45) is 0. The molecule has 0 bridgehead atoms. The Hall–Kier alpha value is -6.44. The van der Waals surface area contributed by atoms with E-state index in [1.54, 1.807) is 0 Å². The molecule has 49 heavy (non-hydrogen) atoms. The Kier molecular flexibility index (Phi) is 5.45. The van der Waals surface area contributed by atoms with Crippen LogP contribution in [0.3, 0.4) is 0 Å². The van der Waals surface area contributed by atoms with E-state index in [0.29, 0.717) is 0 Å². The van der Waals surface area contributed by atoms with Crippen LogP contribution in [0.4, 0.5) is 0 Å². The molecule has 1 aliphatic carbocycles. The predicted octanol–water partition coefficient (Wildman–Crippen LogP) is 13.2. The maximum atomic E-state index is 2.57. The van der Waals surface area contributed by atoms with Crippen LogP contribution in [-0.2, 0) is 0 Å². The molecular formula is C48H29N. The SMILES string of the molecule is c1ccc(-c2cc(-c3ccccc3)cc(-n3c4cc5c6c(cccc6c4c4c6ccccc6c6ccccc6c43)-c3ccccc3-5)c2)cc1. The highest BCUT2D eigenvalue weighted by molar-refractivity contribution is 6.38. The van der Waals surface area contributed by atoms with Crippen molar-refractivity contribution in [3.05, 3.63) is 176 Å². The van der Waals surface area contributed by atoms with Gasteiger partial charge in [0, 0.05) is 21.8 Å². The molecule has 1 aromatic heterocycles. The summed E-state index contributed by atoms with van der Waals surface area (Å²) in [5.74, 6) is 0. The maximum Gasteiger partial charge on any atom is 0.0626 e. The molecule has 0 N–H and O–H groups in total. The largest absolute Gasteiger partial charge is 0.309 e. The summed E-state index contributed by atoms with van der Waals surface area (Å²) in [5.41, 5.74) is 13.7. The van der Waals surface area contributed by atoms with Gasteiger partial charge < -0.3 is 4.57 Å². The van der Waals surface area contributed by atoms with E-state index in [4.69, 9.17) is 0 Å². The summed E-state index contributed by atoms with van der Waals surface area (Å²) >= 11 is 0. The number of rotatable bonds is 3. The van der Waals surface area contributed by atoms with Crippen molar-refractivity contribution in [3.63, 3.8) is 0 Å². The minimum absolute atomic E-state index is 1.16. The average molecular weight is 620 g/mol. The molecule has 226 valence electrons. The third-order valence-electron chi connectivity index (χ3n) is 10.7. The lowest BCUT2D eigenvalue weighted by Crippen LogP contribution is -1.97. The molecule has 0 fully saturated rings. The van der Waals surface area contributed by atoms with Gasteiger partial charge in [0.1, 0.15) is 0 Å². The molecular weight excluding hydrogens is 591 g/mol. The molecule has 0 aliphatic heterocycles. The van der Waals surface area contributed by atoms with Gasteiger partial charge in [0.25, 0.3) is 0 Å². The van der Waals surface area contributed by atoms with Gasteiger partial charge in [0.2, 0.25) is 0 Å². The van der Waals surface area contributed by atoms with E-state index in [0.717, 1.165) is 5.69 Å². The minimum Gasteiger partial charge on any atom is -0.309 e. The molecule has 0 saturated heterocycles. The lowest BCUT2D eigenvalue weighted by atomic mass is 9.93. The molecule has 0 radical (unpaired) electrons. The minimum atomic E-state index is 1.16. The third-order valence-corrected chi connectivity index (χ3v) is 10.7. The van der Waals surface area contributed by atoms with E-state index < -0.39 is 0 Å². The molecule has 1 heteroatoms. The molecule has 1 aliphatic rings. The van der Waals surface area contributed by atoms with Gasteiger partial charge >= 0.3 is 0 Å². The molecule has 0 unspecified atom stereocenters. The fraction of sp³-hybridized carbons (Fsp3) is 0. The summed E-state index contributed by atoms with van der Waals surface area (Å²) in [6, 6.07) is 64.9. The normalized spacial score (nSPS) is 12.1. The van der Waals surface area contributed by atoms with E-state index >= 15 is 0 Å². The van der Waals surface area contributed by atoms with E-state index in [1.165, 1.54) is 98.6 Å². The van der Waals surface area contributed by atoms with Gasteiger partial charge in [0.05, 0.1) is 11.0 Å². The zero-order chi connectivity index (χ0) is 32.1. The van der Waals surface area contributed by atoms with Crippen molar-refractivity contribution in [2.24, 2.45) is 0 Å². The summed E-state index contributed by atoms with van der Waals surface area (Å²) in [5, 5.41) is 10.4. The van der Waals surface area contributed by atoms with Crippen molar-refractivity contribution in [2.75, 3.05) is 0 Å². The Morgan fingerprint density at radius 1 is 0.286 bits per heavy atom. The summed E-state index contributed by atoms with van der Waals surface area (Å²) in [4.78, 5) is 0. The first-order valence-corrected chi connectivity index (χ1v) is 17.0. The van der Waals surface area contributed by atoms with Crippen LogP contribution < -0.4 is 0 Å². The molecule has 0 atom stereocenters. The first-order valence-electron chi connectivity index (χ1n) is 17.0. The molecule has 9 aromatic carbocycles. The van der Waals surface area contributed by atoms with E-state index in [2.05, 4.69) is 180 Å². The van der Waals surface area contributed by atoms with Crippen LogP contribution in [0.2, 0.25) is 0 Å². The number of fused-ring (bicyclic) bond motifs is 12. The van der Waals surface area contributed by atoms with Gasteiger partial charge in [-0.15, -0.1) is 0 Å². The van der Waals surface area contributed by atoms with E-state index in [-0.39, 0.29) is 0 Å². The highest BCUT2D eigenvalue weighted by Gasteiger charge is 2.27. The average Bonchev–Trinajstić information content (AvgIpc) is 3.70. The number of benzene rings is 9. The molecule has 1 nitrogen and oxygen atoms in total. The van der Waals surface area contributed by atoms with E-state index in [1.807, 2.05) is 0 Å². The fourth-order valence-electron chi connectivity index (χ4n) is 8.63. The van der Waals surface area contributed by atoms with Crippen molar-refractivity contribution >= 4 is 54.1 Å². The smallest absolute Gasteiger partial charge is 0.0626 e. The summed E-state index contributed by atoms with van der Waals surface area (Å²) in [6.45, 7) is 0. The first-order chi connectivity index (χ1) is 24.3. The van der Waals surface area contributed by atoms with Gasteiger partial charge in [-0.25, -0.2) is 0 Å². The molecule has 10 aromatic rings. The van der Waals surface area contributed by atoms with Gasteiger partial charge in [-0.05, 0) is 95.7 Å². The second kappa shape index (κ2) is 10.0. The van der Waals surface area contributed by atoms with Crippen LogP contribution in [0.5, 0.6) is 0 Å². The standard InChI is InChI=1S/C48H29N/c1-3-14-30(15-4-1)32-26-33(31-16-5-2-6-17-31)28-34(27-32)49-44-29-43-38-21-8-7-19-36(38)39-24-13-25-42(45(39)43)46(44)47-40-22-11-9-18-35(40)37-20-10-12-23-41(37)48(47)49/h1-29H.